The monoisotopic (exact) mass is 942 g/mol. The Morgan fingerprint density at radius 3 is 0.971 bits per heavy atom. The molecule has 4 nitrogen and oxygen atoms in total. The number of rotatable bonds is 52. The maximum absolute atomic E-state index is 12.5. The van der Waals surface area contributed by atoms with E-state index in [0.717, 1.165) is 77.0 Å². The highest BCUT2D eigenvalue weighted by molar-refractivity contribution is 5.76. The summed E-state index contributed by atoms with van der Waals surface area (Å²) in [7, 11) is 0. The topological polar surface area (TPSA) is 69.6 Å². The van der Waals surface area contributed by atoms with Gasteiger partial charge in [0.2, 0.25) is 5.91 Å². The first-order valence-electron chi connectivity index (χ1n) is 29.1. The zero-order chi connectivity index (χ0) is 49.2. The molecule has 0 aliphatic rings. The van der Waals surface area contributed by atoms with Crippen LogP contribution in [0.1, 0.15) is 271 Å². The van der Waals surface area contributed by atoms with Gasteiger partial charge in [0.05, 0.1) is 18.8 Å². The van der Waals surface area contributed by atoms with Crippen LogP contribution in [0.4, 0.5) is 0 Å². The van der Waals surface area contributed by atoms with Gasteiger partial charge in [0.1, 0.15) is 0 Å². The number of hydrogen-bond donors (Lipinski definition) is 3. The quantitative estimate of drug-likeness (QED) is 0.0420. The van der Waals surface area contributed by atoms with Gasteiger partial charge in [-0.15, -0.1) is 0 Å². The number of amides is 1. The Hall–Kier alpha value is -2.95. The van der Waals surface area contributed by atoms with Crippen LogP contribution in [0.15, 0.2) is 109 Å². The second kappa shape index (κ2) is 58.4. The minimum Gasteiger partial charge on any atom is -0.394 e. The molecule has 0 spiro atoms. The summed E-state index contributed by atoms with van der Waals surface area (Å²) in [4.78, 5) is 12.5. The van der Waals surface area contributed by atoms with E-state index >= 15 is 0 Å². The summed E-state index contributed by atoms with van der Waals surface area (Å²) in [6.07, 6.45) is 88.2. The minimum absolute atomic E-state index is 0.0666. The molecular formula is C64H111NO3. The Morgan fingerprint density at radius 1 is 0.368 bits per heavy atom. The van der Waals surface area contributed by atoms with E-state index in [-0.39, 0.29) is 12.5 Å². The number of allylic oxidation sites excluding steroid dienone is 17. The average molecular weight is 943 g/mol. The van der Waals surface area contributed by atoms with Crippen LogP contribution in [-0.2, 0) is 4.79 Å². The molecule has 2 unspecified atom stereocenters. The third kappa shape index (κ3) is 54.0. The molecule has 0 aliphatic heterocycles. The van der Waals surface area contributed by atoms with E-state index < -0.39 is 12.1 Å². The second-order valence-electron chi connectivity index (χ2n) is 19.3. The fraction of sp³-hybridized carbons (Fsp3) is 0.703. The highest BCUT2D eigenvalue weighted by Crippen LogP contribution is 2.16. The minimum atomic E-state index is -0.844. The predicted molar refractivity (Wildman–Crippen MR) is 303 cm³/mol. The summed E-state index contributed by atoms with van der Waals surface area (Å²) in [5.41, 5.74) is 0. The maximum Gasteiger partial charge on any atom is 0.220 e. The molecule has 68 heavy (non-hydrogen) atoms. The maximum atomic E-state index is 12.5. The molecule has 0 radical (unpaired) electrons. The Balaban J connectivity index is 3.54. The first-order valence-corrected chi connectivity index (χ1v) is 29.1. The van der Waals surface area contributed by atoms with Crippen LogP contribution in [0, 0.1) is 0 Å². The summed E-state index contributed by atoms with van der Waals surface area (Å²) in [5, 5.41) is 23.2. The third-order valence-corrected chi connectivity index (χ3v) is 12.8. The largest absolute Gasteiger partial charge is 0.394 e. The van der Waals surface area contributed by atoms with Crippen molar-refractivity contribution in [3.8, 4) is 0 Å². The smallest absolute Gasteiger partial charge is 0.220 e. The number of carbonyl (C=O) groups excluding carboxylic acids is 1. The van der Waals surface area contributed by atoms with Crippen molar-refractivity contribution >= 4 is 5.91 Å². The normalized spacial score (nSPS) is 13.6. The lowest BCUT2D eigenvalue weighted by molar-refractivity contribution is -0.123. The molecule has 0 bridgehead atoms. The molecule has 0 saturated heterocycles. The zero-order valence-corrected chi connectivity index (χ0v) is 44.8. The first kappa shape index (κ1) is 65.0. The van der Waals surface area contributed by atoms with Crippen molar-refractivity contribution < 1.29 is 15.0 Å². The van der Waals surface area contributed by atoms with Gasteiger partial charge < -0.3 is 15.5 Å². The Kier molecular flexibility index (Phi) is 55.8. The lowest BCUT2D eigenvalue weighted by atomic mass is 10.0. The van der Waals surface area contributed by atoms with Crippen molar-refractivity contribution in [1.29, 1.82) is 0 Å². The van der Waals surface area contributed by atoms with Crippen molar-refractivity contribution in [2.45, 2.75) is 283 Å². The Bertz CT molecular complexity index is 1300. The lowest BCUT2D eigenvalue weighted by Gasteiger charge is -2.20. The lowest BCUT2D eigenvalue weighted by Crippen LogP contribution is -2.45. The molecular weight excluding hydrogens is 831 g/mol. The summed E-state index contributed by atoms with van der Waals surface area (Å²) in [5.74, 6) is -0.0666. The first-order chi connectivity index (χ1) is 33.7. The van der Waals surface area contributed by atoms with Gasteiger partial charge in [0.25, 0.3) is 0 Å². The Morgan fingerprint density at radius 2 is 0.647 bits per heavy atom. The summed E-state index contributed by atoms with van der Waals surface area (Å²) >= 11 is 0. The van der Waals surface area contributed by atoms with E-state index in [9.17, 15) is 15.0 Å². The van der Waals surface area contributed by atoms with Gasteiger partial charge in [-0.1, -0.05) is 290 Å². The highest BCUT2D eigenvalue weighted by Gasteiger charge is 2.18. The van der Waals surface area contributed by atoms with Crippen LogP contribution in [0.25, 0.3) is 0 Å². The van der Waals surface area contributed by atoms with Crippen molar-refractivity contribution in [3.63, 3.8) is 0 Å². The van der Waals surface area contributed by atoms with Crippen molar-refractivity contribution in [2.24, 2.45) is 0 Å². The van der Waals surface area contributed by atoms with Crippen LogP contribution in [0.3, 0.4) is 0 Å². The average Bonchev–Trinajstić information content (AvgIpc) is 3.34. The van der Waals surface area contributed by atoms with Gasteiger partial charge in [-0.3, -0.25) is 4.79 Å². The molecule has 0 fully saturated rings. The standard InChI is InChI=1S/C64H111NO3/c1-3-5-7-9-11-13-15-17-19-21-22-23-24-25-26-27-28-29-30-31-32-33-34-35-36-37-38-39-40-41-42-44-46-48-50-52-54-56-58-60-64(68)65-62(61-66)63(67)59-57-55-53-51-49-47-45-43-20-18-16-14-12-10-8-6-4-2/h5,7,11,13,17,19,22-23,25-26,28-29,31-32,34-35,57,59,62-63,66-67H,3-4,6,8-10,12,14-16,18,20-21,24,27,30,33,36-56,58,60-61H2,1-2H3,(H,65,68)/b7-5-,13-11-,19-17-,23-22-,26-25-,29-28-,32-31-,35-34-,59-57+. The van der Waals surface area contributed by atoms with E-state index in [0.29, 0.717) is 6.42 Å². The Labute approximate surface area is 423 Å². The van der Waals surface area contributed by atoms with Gasteiger partial charge in [-0.2, -0.15) is 0 Å². The van der Waals surface area contributed by atoms with Crippen LogP contribution in [-0.4, -0.2) is 34.9 Å². The number of aliphatic hydroxyl groups excluding tert-OH is 2. The van der Waals surface area contributed by atoms with Crippen molar-refractivity contribution in [2.75, 3.05) is 6.61 Å². The van der Waals surface area contributed by atoms with Crippen LogP contribution in [0.2, 0.25) is 0 Å². The van der Waals surface area contributed by atoms with Crippen LogP contribution >= 0.6 is 0 Å². The summed E-state index contributed by atoms with van der Waals surface area (Å²) in [6.45, 7) is 4.20. The number of hydrogen-bond acceptors (Lipinski definition) is 3. The predicted octanol–water partition coefficient (Wildman–Crippen LogP) is 19.5. The number of aliphatic hydroxyl groups is 2. The highest BCUT2D eigenvalue weighted by atomic mass is 16.3. The van der Waals surface area contributed by atoms with E-state index in [1.165, 1.54) is 173 Å². The number of unbranched alkanes of at least 4 members (excludes halogenated alkanes) is 29. The van der Waals surface area contributed by atoms with E-state index in [2.05, 4.69) is 116 Å². The molecule has 0 aromatic carbocycles. The molecule has 0 rings (SSSR count). The van der Waals surface area contributed by atoms with Gasteiger partial charge in [0.15, 0.2) is 0 Å². The van der Waals surface area contributed by atoms with Gasteiger partial charge in [-0.05, 0) is 83.5 Å². The van der Waals surface area contributed by atoms with Gasteiger partial charge in [0, 0.05) is 6.42 Å². The zero-order valence-electron chi connectivity index (χ0n) is 44.8. The fourth-order valence-electron chi connectivity index (χ4n) is 8.37. The van der Waals surface area contributed by atoms with Crippen LogP contribution < -0.4 is 5.32 Å². The molecule has 0 aromatic rings. The van der Waals surface area contributed by atoms with Gasteiger partial charge >= 0.3 is 0 Å². The third-order valence-electron chi connectivity index (χ3n) is 12.8. The summed E-state index contributed by atoms with van der Waals surface area (Å²) < 4.78 is 0. The van der Waals surface area contributed by atoms with Crippen molar-refractivity contribution in [3.05, 3.63) is 109 Å². The number of nitrogens with one attached hydrogen (secondary N) is 1. The molecule has 3 N–H and O–H groups in total. The molecule has 0 heterocycles. The summed E-state index contributed by atoms with van der Waals surface area (Å²) in [6, 6.07) is -0.628. The molecule has 2 atom stereocenters. The number of carbonyl (C=O) groups is 1. The molecule has 4 heteroatoms. The molecule has 0 aromatic heterocycles. The molecule has 1 amide bonds. The van der Waals surface area contributed by atoms with Crippen LogP contribution in [0.5, 0.6) is 0 Å². The van der Waals surface area contributed by atoms with Gasteiger partial charge in [-0.25, -0.2) is 0 Å². The molecule has 390 valence electrons. The molecule has 0 aliphatic carbocycles. The van der Waals surface area contributed by atoms with Crippen molar-refractivity contribution in [1.82, 2.24) is 5.32 Å². The fourth-order valence-corrected chi connectivity index (χ4v) is 8.37. The second-order valence-corrected chi connectivity index (χ2v) is 19.3. The van der Waals surface area contributed by atoms with E-state index in [4.69, 9.17) is 0 Å². The SMILES string of the molecule is CC/C=C\C/C=C\C/C=C\C/C=C\C/C=C\C/C=C\C/C=C\C/C=C\CCCCCCCCCCCCCCCCC(=O)NC(CO)C(O)/C=C/CCCCCCCCCCCCCCCCC. The molecule has 0 saturated carbocycles. The van der Waals surface area contributed by atoms with E-state index in [1.54, 1.807) is 6.08 Å². The van der Waals surface area contributed by atoms with E-state index in [1.807, 2.05) is 6.08 Å².